The number of carbonyl (C=O) groups is 1. The van der Waals surface area contributed by atoms with Crippen molar-refractivity contribution in [3.63, 3.8) is 0 Å². The molecule has 110 valence electrons. The number of hydrogen-bond donors (Lipinski definition) is 0. The van der Waals surface area contributed by atoms with Crippen LogP contribution < -0.4 is 9.47 Å². The minimum absolute atomic E-state index is 0.0774. The third-order valence-corrected chi connectivity index (χ3v) is 4.08. The highest BCUT2D eigenvalue weighted by atomic mass is 79.9. The van der Waals surface area contributed by atoms with Crippen LogP contribution in [0.2, 0.25) is 0 Å². The lowest BCUT2D eigenvalue weighted by Gasteiger charge is -2.11. The van der Waals surface area contributed by atoms with Gasteiger partial charge in [0.05, 0.1) is 19.8 Å². The smallest absolute Gasteiger partial charge is 0.197 e. The van der Waals surface area contributed by atoms with Crippen LogP contribution in [0.25, 0.3) is 0 Å². The fraction of sp³-hybridized carbons (Fsp3) is 0.133. The van der Waals surface area contributed by atoms with Gasteiger partial charge in [0.15, 0.2) is 17.3 Å². The van der Waals surface area contributed by atoms with Crippen LogP contribution >= 0.6 is 31.9 Å². The van der Waals surface area contributed by atoms with Gasteiger partial charge in [0.2, 0.25) is 0 Å². The summed E-state index contributed by atoms with van der Waals surface area (Å²) in [6, 6.07) is 7.60. The minimum Gasteiger partial charge on any atom is -0.493 e. The summed E-state index contributed by atoms with van der Waals surface area (Å²) in [6.45, 7) is 0. The molecule has 2 aromatic rings. The van der Waals surface area contributed by atoms with E-state index in [0.29, 0.717) is 15.8 Å². The fourth-order valence-electron chi connectivity index (χ4n) is 1.84. The maximum absolute atomic E-state index is 14.1. The molecule has 0 spiro atoms. The maximum Gasteiger partial charge on any atom is 0.197 e. The first-order valence-electron chi connectivity index (χ1n) is 5.89. The zero-order valence-electron chi connectivity index (χ0n) is 11.2. The molecule has 0 heterocycles. The predicted octanol–water partition coefficient (Wildman–Crippen LogP) is 4.60. The molecule has 0 atom stereocenters. The average Bonchev–Trinajstić information content (AvgIpc) is 2.48. The van der Waals surface area contributed by atoms with Crippen molar-refractivity contribution in [2.45, 2.75) is 0 Å². The molecule has 0 saturated heterocycles. The van der Waals surface area contributed by atoms with Crippen LogP contribution in [0.5, 0.6) is 11.5 Å². The molecule has 0 unspecified atom stereocenters. The zero-order valence-corrected chi connectivity index (χ0v) is 14.4. The molecule has 0 saturated carbocycles. The molecule has 0 radical (unpaired) electrons. The minimum atomic E-state index is -0.662. The van der Waals surface area contributed by atoms with Gasteiger partial charge in [-0.2, -0.15) is 0 Å². The van der Waals surface area contributed by atoms with E-state index >= 15 is 0 Å². The lowest BCUT2D eigenvalue weighted by atomic mass is 10.0. The first-order valence-corrected chi connectivity index (χ1v) is 7.47. The van der Waals surface area contributed by atoms with Gasteiger partial charge < -0.3 is 9.47 Å². The highest BCUT2D eigenvalue weighted by molar-refractivity contribution is 9.11. The topological polar surface area (TPSA) is 35.5 Å². The lowest BCUT2D eigenvalue weighted by Crippen LogP contribution is -2.06. The van der Waals surface area contributed by atoms with Crippen molar-refractivity contribution in [2.75, 3.05) is 14.2 Å². The molecule has 6 heteroatoms. The van der Waals surface area contributed by atoms with Gasteiger partial charge in [-0.15, -0.1) is 0 Å². The highest BCUT2D eigenvalue weighted by Gasteiger charge is 2.20. The van der Waals surface area contributed by atoms with Crippen LogP contribution in [0.4, 0.5) is 4.39 Å². The zero-order chi connectivity index (χ0) is 15.6. The van der Waals surface area contributed by atoms with E-state index in [0.717, 1.165) is 10.5 Å². The molecule has 2 aromatic carbocycles. The van der Waals surface area contributed by atoms with Crippen molar-refractivity contribution in [1.29, 1.82) is 0 Å². The van der Waals surface area contributed by atoms with E-state index in [1.165, 1.54) is 20.3 Å². The fourth-order valence-corrected chi connectivity index (χ4v) is 2.63. The monoisotopic (exact) mass is 416 g/mol. The standard InChI is InChI=1S/C15H11Br2FO3/c1-20-13-6-10(12(18)7-14(13)21-2)15(19)9-5-8(16)3-4-11(9)17/h3-7H,1-2H3. The van der Waals surface area contributed by atoms with Crippen LogP contribution in [0.15, 0.2) is 39.3 Å². The van der Waals surface area contributed by atoms with E-state index in [-0.39, 0.29) is 11.3 Å². The molecule has 0 bridgehead atoms. The van der Waals surface area contributed by atoms with E-state index in [1.807, 2.05) is 0 Å². The van der Waals surface area contributed by atoms with Crippen LogP contribution in [0, 0.1) is 5.82 Å². The average molecular weight is 418 g/mol. The Morgan fingerprint density at radius 3 is 2.24 bits per heavy atom. The maximum atomic E-state index is 14.1. The Hall–Kier alpha value is -1.40. The summed E-state index contributed by atoms with van der Waals surface area (Å²) in [6.07, 6.45) is 0. The van der Waals surface area contributed by atoms with Crippen LogP contribution in [0.1, 0.15) is 15.9 Å². The highest BCUT2D eigenvalue weighted by Crippen LogP contribution is 2.32. The van der Waals surface area contributed by atoms with Gasteiger partial charge in [-0.1, -0.05) is 31.9 Å². The third kappa shape index (κ3) is 3.27. The molecule has 3 nitrogen and oxygen atoms in total. The van der Waals surface area contributed by atoms with Gasteiger partial charge in [-0.25, -0.2) is 4.39 Å². The molecule has 2 rings (SSSR count). The molecule has 0 aliphatic rings. The van der Waals surface area contributed by atoms with Gasteiger partial charge in [0.1, 0.15) is 5.82 Å². The molecule has 0 aliphatic heterocycles. The van der Waals surface area contributed by atoms with Crippen molar-refractivity contribution in [3.05, 3.63) is 56.2 Å². The van der Waals surface area contributed by atoms with E-state index in [4.69, 9.17) is 9.47 Å². The van der Waals surface area contributed by atoms with Gasteiger partial charge in [0, 0.05) is 20.6 Å². The summed E-state index contributed by atoms with van der Waals surface area (Å²) in [5, 5.41) is 0. The number of benzene rings is 2. The quantitative estimate of drug-likeness (QED) is 0.682. The second-order valence-corrected chi connectivity index (χ2v) is 5.91. The van der Waals surface area contributed by atoms with E-state index in [9.17, 15) is 9.18 Å². The Bertz CT molecular complexity index is 702. The molecule has 0 N–H and O–H groups in total. The van der Waals surface area contributed by atoms with Gasteiger partial charge in [0.25, 0.3) is 0 Å². The third-order valence-electron chi connectivity index (χ3n) is 2.89. The molecular weight excluding hydrogens is 407 g/mol. The Labute approximate surface area is 138 Å². The molecule has 0 aliphatic carbocycles. The van der Waals surface area contributed by atoms with E-state index in [1.54, 1.807) is 18.2 Å². The first kappa shape index (κ1) is 16.0. The number of ether oxygens (including phenoxy) is 2. The molecule has 0 amide bonds. The number of ketones is 1. The Morgan fingerprint density at radius 1 is 1.00 bits per heavy atom. The number of halogens is 3. The summed E-state index contributed by atoms with van der Waals surface area (Å²) in [4.78, 5) is 12.5. The summed E-state index contributed by atoms with van der Waals surface area (Å²) in [7, 11) is 2.84. The first-order chi connectivity index (χ1) is 9.97. The number of methoxy groups -OCH3 is 2. The number of rotatable bonds is 4. The summed E-state index contributed by atoms with van der Waals surface area (Å²) < 4.78 is 25.6. The SMILES string of the molecule is COc1cc(F)c(C(=O)c2cc(Br)ccc2Br)cc1OC. The van der Waals surface area contributed by atoms with Gasteiger partial charge in [-0.3, -0.25) is 4.79 Å². The predicted molar refractivity (Wildman–Crippen MR) is 84.8 cm³/mol. The van der Waals surface area contributed by atoms with Gasteiger partial charge in [-0.05, 0) is 24.3 Å². The molecule has 0 aromatic heterocycles. The van der Waals surface area contributed by atoms with E-state index in [2.05, 4.69) is 31.9 Å². The summed E-state index contributed by atoms with van der Waals surface area (Å²) in [5.41, 5.74) is 0.280. The van der Waals surface area contributed by atoms with E-state index < -0.39 is 11.6 Å². The molecule has 0 fully saturated rings. The van der Waals surface area contributed by atoms with Crippen molar-refractivity contribution in [1.82, 2.24) is 0 Å². The Kier molecular flexibility index (Phi) is 5.00. The van der Waals surface area contributed by atoms with Crippen LogP contribution in [0.3, 0.4) is 0 Å². The van der Waals surface area contributed by atoms with Crippen LogP contribution in [-0.4, -0.2) is 20.0 Å². The normalized spacial score (nSPS) is 10.3. The van der Waals surface area contributed by atoms with Crippen LogP contribution in [-0.2, 0) is 0 Å². The Morgan fingerprint density at radius 2 is 1.62 bits per heavy atom. The summed E-state index contributed by atoms with van der Waals surface area (Å²) >= 11 is 6.59. The van der Waals surface area contributed by atoms with Crippen molar-refractivity contribution < 1.29 is 18.7 Å². The van der Waals surface area contributed by atoms with Gasteiger partial charge >= 0.3 is 0 Å². The van der Waals surface area contributed by atoms with Crippen molar-refractivity contribution in [2.24, 2.45) is 0 Å². The second kappa shape index (κ2) is 6.58. The van der Waals surface area contributed by atoms with Crippen molar-refractivity contribution in [3.8, 4) is 11.5 Å². The Balaban J connectivity index is 2.55. The van der Waals surface area contributed by atoms with Crippen molar-refractivity contribution >= 4 is 37.6 Å². The number of hydrogen-bond acceptors (Lipinski definition) is 3. The molecular formula is C15H11Br2FO3. The summed E-state index contributed by atoms with van der Waals surface area (Å²) in [5.74, 6) is -0.570. The number of carbonyl (C=O) groups excluding carboxylic acids is 1. The molecule has 21 heavy (non-hydrogen) atoms. The second-order valence-electron chi connectivity index (χ2n) is 4.14. The lowest BCUT2D eigenvalue weighted by molar-refractivity contribution is 0.103. The largest absolute Gasteiger partial charge is 0.493 e.